The van der Waals surface area contributed by atoms with E-state index in [1.165, 1.54) is 0 Å². The molecule has 0 spiro atoms. The first-order valence-corrected chi connectivity index (χ1v) is 2.89. The molecule has 0 aliphatic carbocycles. The zero-order chi connectivity index (χ0) is 7.49. The van der Waals surface area contributed by atoms with Crippen LogP contribution in [0.4, 0.5) is 0 Å². The second kappa shape index (κ2) is 2.80. The molecule has 0 aliphatic rings. The fourth-order valence-corrected chi connectivity index (χ4v) is 0.429. The summed E-state index contributed by atoms with van der Waals surface area (Å²) in [6.07, 6.45) is 0.605. The summed E-state index contributed by atoms with van der Waals surface area (Å²) in [6, 6.07) is 0. The lowest BCUT2D eigenvalue weighted by molar-refractivity contribution is -0.495. The Morgan fingerprint density at radius 1 is 1.67 bits per heavy atom. The minimum atomic E-state index is -0.300. The highest BCUT2D eigenvalue weighted by Crippen LogP contribution is 2.18. The Labute approximate surface area is 55.2 Å². The molecule has 0 aromatic carbocycles. The second-order valence-electron chi connectivity index (χ2n) is 2.91. The average Bonchev–Trinajstić information content (AvgIpc) is 1.63. The van der Waals surface area contributed by atoms with Crippen molar-refractivity contribution in [3.05, 3.63) is 17.0 Å². The molecule has 9 heavy (non-hydrogen) atoms. The summed E-state index contributed by atoms with van der Waals surface area (Å²) < 4.78 is 0. The summed E-state index contributed by atoms with van der Waals surface area (Å²) in [7, 11) is 0. The van der Waals surface area contributed by atoms with Crippen molar-refractivity contribution in [2.75, 3.05) is 6.54 Å². The van der Waals surface area contributed by atoms with Crippen molar-refractivity contribution < 1.29 is 4.92 Å². The van der Waals surface area contributed by atoms with Crippen LogP contribution in [-0.4, -0.2) is 11.5 Å². The Kier molecular flexibility index (Phi) is 2.62. The summed E-state index contributed by atoms with van der Waals surface area (Å²) in [5.41, 5.74) is -0.247. The van der Waals surface area contributed by atoms with Crippen molar-refractivity contribution in [2.45, 2.75) is 20.3 Å². The van der Waals surface area contributed by atoms with Gasteiger partial charge in [-0.2, -0.15) is 0 Å². The van der Waals surface area contributed by atoms with Gasteiger partial charge in [-0.1, -0.05) is 20.8 Å². The SMILES string of the molecule is [CH2]CC(C)(C)C[N+](=O)[O-]. The highest BCUT2D eigenvalue weighted by atomic mass is 16.6. The molecule has 0 aromatic heterocycles. The van der Waals surface area contributed by atoms with E-state index in [-0.39, 0.29) is 16.9 Å². The number of hydrogen-bond acceptors (Lipinski definition) is 2. The highest BCUT2D eigenvalue weighted by Gasteiger charge is 2.21. The molecule has 0 bridgehead atoms. The Bertz CT molecular complexity index is 110. The number of rotatable bonds is 3. The van der Waals surface area contributed by atoms with Crippen LogP contribution in [0.15, 0.2) is 0 Å². The predicted molar refractivity (Wildman–Crippen MR) is 35.6 cm³/mol. The minimum Gasteiger partial charge on any atom is -0.265 e. The van der Waals surface area contributed by atoms with Gasteiger partial charge in [-0.05, 0) is 6.42 Å². The van der Waals surface area contributed by atoms with Gasteiger partial charge in [-0.3, -0.25) is 10.1 Å². The minimum absolute atomic E-state index is 0.0104. The lowest BCUT2D eigenvalue weighted by atomic mass is 9.91. The molecule has 0 aromatic rings. The van der Waals surface area contributed by atoms with E-state index in [0.29, 0.717) is 6.42 Å². The van der Waals surface area contributed by atoms with Crippen LogP contribution in [0.2, 0.25) is 0 Å². The number of nitro groups is 1. The monoisotopic (exact) mass is 130 g/mol. The van der Waals surface area contributed by atoms with Crippen LogP contribution in [0.3, 0.4) is 0 Å². The van der Waals surface area contributed by atoms with Gasteiger partial charge >= 0.3 is 0 Å². The van der Waals surface area contributed by atoms with E-state index < -0.39 is 0 Å². The molecule has 0 saturated heterocycles. The first-order valence-electron chi connectivity index (χ1n) is 2.89. The average molecular weight is 130 g/mol. The summed E-state index contributed by atoms with van der Waals surface area (Å²) in [5.74, 6) is 0. The predicted octanol–water partition coefficient (Wildman–Crippen LogP) is 1.51. The van der Waals surface area contributed by atoms with Gasteiger partial charge < -0.3 is 0 Å². The Hall–Kier alpha value is -0.600. The molecule has 3 heteroatoms. The summed E-state index contributed by atoms with van der Waals surface area (Å²) in [5, 5.41) is 9.95. The molecule has 0 rings (SSSR count). The molecular weight excluding hydrogens is 118 g/mol. The van der Waals surface area contributed by atoms with E-state index >= 15 is 0 Å². The van der Waals surface area contributed by atoms with Crippen LogP contribution in [0, 0.1) is 22.5 Å². The normalized spacial score (nSPS) is 11.4. The summed E-state index contributed by atoms with van der Waals surface area (Å²) >= 11 is 0. The largest absolute Gasteiger partial charge is 0.265 e. The smallest absolute Gasteiger partial charge is 0.208 e. The Morgan fingerprint density at radius 2 is 2.11 bits per heavy atom. The van der Waals surface area contributed by atoms with Gasteiger partial charge in [0.1, 0.15) is 0 Å². The first kappa shape index (κ1) is 8.40. The van der Waals surface area contributed by atoms with Crippen LogP contribution < -0.4 is 0 Å². The van der Waals surface area contributed by atoms with Crippen LogP contribution in [0.5, 0.6) is 0 Å². The lowest BCUT2D eigenvalue weighted by Gasteiger charge is -2.15. The van der Waals surface area contributed by atoms with Gasteiger partial charge in [0.05, 0.1) is 0 Å². The molecule has 1 radical (unpaired) electrons. The summed E-state index contributed by atoms with van der Waals surface area (Å²) in [6.45, 7) is 7.29. The third-order valence-electron chi connectivity index (χ3n) is 1.23. The van der Waals surface area contributed by atoms with Crippen LogP contribution in [-0.2, 0) is 0 Å². The molecule has 0 heterocycles. The molecule has 0 unspecified atom stereocenters. The van der Waals surface area contributed by atoms with Crippen molar-refractivity contribution in [1.29, 1.82) is 0 Å². The van der Waals surface area contributed by atoms with E-state index in [0.717, 1.165) is 0 Å². The fraction of sp³-hybridized carbons (Fsp3) is 0.833. The molecule has 0 atom stereocenters. The molecule has 0 N–H and O–H groups in total. The van der Waals surface area contributed by atoms with Gasteiger partial charge in [0, 0.05) is 10.3 Å². The first-order chi connectivity index (χ1) is 3.98. The Morgan fingerprint density at radius 3 is 2.22 bits per heavy atom. The van der Waals surface area contributed by atoms with Crippen LogP contribution >= 0.6 is 0 Å². The highest BCUT2D eigenvalue weighted by molar-refractivity contribution is 4.67. The third kappa shape index (κ3) is 3.94. The topological polar surface area (TPSA) is 43.1 Å². The molecular formula is C6H12NO2. The van der Waals surface area contributed by atoms with Gasteiger partial charge in [0.25, 0.3) is 0 Å². The fourth-order valence-electron chi connectivity index (χ4n) is 0.429. The molecule has 3 nitrogen and oxygen atoms in total. The van der Waals surface area contributed by atoms with Crippen LogP contribution in [0.25, 0.3) is 0 Å². The van der Waals surface area contributed by atoms with E-state index in [4.69, 9.17) is 0 Å². The van der Waals surface area contributed by atoms with Crippen molar-refractivity contribution in [3.63, 3.8) is 0 Å². The van der Waals surface area contributed by atoms with Crippen molar-refractivity contribution in [2.24, 2.45) is 5.41 Å². The zero-order valence-electron chi connectivity index (χ0n) is 5.89. The maximum atomic E-state index is 9.95. The van der Waals surface area contributed by atoms with Crippen molar-refractivity contribution in [1.82, 2.24) is 0 Å². The van der Waals surface area contributed by atoms with Gasteiger partial charge in [0.2, 0.25) is 6.54 Å². The summed E-state index contributed by atoms with van der Waals surface area (Å²) in [4.78, 5) is 9.65. The number of hydrogen-bond donors (Lipinski definition) is 0. The third-order valence-corrected chi connectivity index (χ3v) is 1.23. The van der Waals surface area contributed by atoms with Crippen molar-refractivity contribution >= 4 is 0 Å². The van der Waals surface area contributed by atoms with E-state index in [9.17, 15) is 10.1 Å². The lowest BCUT2D eigenvalue weighted by Crippen LogP contribution is -2.21. The van der Waals surface area contributed by atoms with Gasteiger partial charge in [0.15, 0.2) is 0 Å². The molecule has 0 aliphatic heterocycles. The zero-order valence-corrected chi connectivity index (χ0v) is 5.89. The maximum Gasteiger partial charge on any atom is 0.208 e. The van der Waals surface area contributed by atoms with Gasteiger partial charge in [-0.15, -0.1) is 0 Å². The van der Waals surface area contributed by atoms with E-state index in [2.05, 4.69) is 6.92 Å². The Balaban J connectivity index is 3.71. The standard InChI is InChI=1S/C6H12NO2/c1-4-6(2,3)5-7(8)9/h1,4-5H2,2-3H3. The molecule has 0 saturated carbocycles. The maximum absolute atomic E-state index is 9.95. The number of nitrogens with zero attached hydrogens (tertiary/aromatic N) is 1. The second-order valence-corrected chi connectivity index (χ2v) is 2.91. The molecule has 0 fully saturated rings. The van der Waals surface area contributed by atoms with Gasteiger partial charge in [-0.25, -0.2) is 0 Å². The quantitative estimate of drug-likeness (QED) is 0.429. The van der Waals surface area contributed by atoms with E-state index in [1.54, 1.807) is 0 Å². The molecule has 0 amide bonds. The molecule has 53 valence electrons. The van der Waals surface area contributed by atoms with Crippen LogP contribution in [0.1, 0.15) is 20.3 Å². The van der Waals surface area contributed by atoms with Crippen molar-refractivity contribution in [3.8, 4) is 0 Å². The van der Waals surface area contributed by atoms with E-state index in [1.807, 2.05) is 13.8 Å².